The van der Waals surface area contributed by atoms with Gasteiger partial charge >= 0.3 is 0 Å². The van der Waals surface area contributed by atoms with E-state index < -0.39 is 0 Å². The maximum absolute atomic E-state index is 4.15. The Hall–Kier alpha value is -1.31. The van der Waals surface area contributed by atoms with Gasteiger partial charge in [0, 0.05) is 31.2 Å². The first-order valence-electron chi connectivity index (χ1n) is 6.25. The van der Waals surface area contributed by atoms with Gasteiger partial charge in [0.05, 0.1) is 0 Å². The number of fused-ring (bicyclic) bond motifs is 3. The first-order valence-corrected chi connectivity index (χ1v) is 6.25. The Morgan fingerprint density at radius 1 is 1.38 bits per heavy atom. The van der Waals surface area contributed by atoms with Gasteiger partial charge in [-0.15, -0.1) is 0 Å². The number of rotatable bonds is 2. The third-order valence-corrected chi connectivity index (χ3v) is 3.81. The Labute approximate surface area is 97.0 Å². The zero-order chi connectivity index (χ0) is 10.8. The van der Waals surface area contributed by atoms with Gasteiger partial charge in [0.25, 0.3) is 0 Å². The number of pyridine rings is 1. The molecule has 3 aliphatic rings. The minimum absolute atomic E-state index is 0.963. The van der Waals surface area contributed by atoms with E-state index in [-0.39, 0.29) is 0 Å². The van der Waals surface area contributed by atoms with E-state index in [1.165, 1.54) is 37.9 Å². The highest BCUT2D eigenvalue weighted by atomic mass is 15.2. The predicted molar refractivity (Wildman–Crippen MR) is 64.9 cm³/mol. The lowest BCUT2D eigenvalue weighted by molar-refractivity contribution is 0.160. The van der Waals surface area contributed by atoms with Crippen LogP contribution in [0, 0.1) is 5.92 Å². The lowest BCUT2D eigenvalue weighted by atomic mass is 9.85. The Morgan fingerprint density at radius 3 is 2.88 bits per heavy atom. The van der Waals surface area contributed by atoms with Gasteiger partial charge in [-0.3, -0.25) is 4.98 Å². The minimum Gasteiger partial charge on any atom is -0.375 e. The lowest BCUT2D eigenvalue weighted by Gasteiger charge is -2.42. The molecule has 0 aliphatic carbocycles. The molecule has 4 heterocycles. The molecular formula is C14H18N2. The highest BCUT2D eigenvalue weighted by Gasteiger charge is 2.28. The van der Waals surface area contributed by atoms with Crippen LogP contribution in [0.5, 0.6) is 0 Å². The number of aromatic nitrogens is 1. The van der Waals surface area contributed by atoms with Crippen LogP contribution in [-0.4, -0.2) is 23.0 Å². The molecule has 3 aliphatic heterocycles. The highest BCUT2D eigenvalue weighted by Crippen LogP contribution is 2.34. The van der Waals surface area contributed by atoms with E-state index in [9.17, 15) is 0 Å². The van der Waals surface area contributed by atoms with Gasteiger partial charge < -0.3 is 4.90 Å². The Bertz CT molecular complexity index is 375. The van der Waals surface area contributed by atoms with Crippen molar-refractivity contribution in [2.75, 3.05) is 13.1 Å². The molecule has 1 aromatic rings. The second-order valence-corrected chi connectivity index (χ2v) is 4.90. The number of piperidine rings is 3. The minimum atomic E-state index is 0.963. The topological polar surface area (TPSA) is 16.1 Å². The van der Waals surface area contributed by atoms with E-state index in [4.69, 9.17) is 0 Å². The smallest absolute Gasteiger partial charge is 0.0303 e. The Morgan fingerprint density at radius 2 is 2.25 bits per heavy atom. The SMILES string of the molecule is C(Cc1cccnc1)=C1CC2CCN1CC2. The molecule has 3 saturated heterocycles. The first-order chi connectivity index (χ1) is 7.92. The van der Waals surface area contributed by atoms with Gasteiger partial charge in [0.1, 0.15) is 0 Å². The van der Waals surface area contributed by atoms with E-state index in [0.717, 1.165) is 12.3 Å². The summed E-state index contributed by atoms with van der Waals surface area (Å²) in [5.41, 5.74) is 2.89. The van der Waals surface area contributed by atoms with Crippen LogP contribution in [0.1, 0.15) is 24.8 Å². The maximum atomic E-state index is 4.15. The van der Waals surface area contributed by atoms with Crippen molar-refractivity contribution in [3.8, 4) is 0 Å². The molecule has 4 rings (SSSR count). The van der Waals surface area contributed by atoms with E-state index in [0.29, 0.717) is 0 Å². The summed E-state index contributed by atoms with van der Waals surface area (Å²) in [4.78, 5) is 6.72. The number of hydrogen-bond donors (Lipinski definition) is 0. The fourth-order valence-electron chi connectivity index (χ4n) is 2.82. The van der Waals surface area contributed by atoms with Crippen molar-refractivity contribution in [1.29, 1.82) is 0 Å². The summed E-state index contributed by atoms with van der Waals surface area (Å²) in [6.07, 6.45) is 11.4. The molecule has 0 radical (unpaired) electrons. The van der Waals surface area contributed by atoms with Crippen LogP contribution in [0.3, 0.4) is 0 Å². The van der Waals surface area contributed by atoms with Gasteiger partial charge in [-0.05, 0) is 43.2 Å². The van der Waals surface area contributed by atoms with Crippen LogP contribution in [0.4, 0.5) is 0 Å². The van der Waals surface area contributed by atoms with E-state index in [2.05, 4.69) is 22.0 Å². The predicted octanol–water partition coefficient (Wildman–Crippen LogP) is 2.62. The number of allylic oxidation sites excluding steroid dienone is 2. The molecular weight excluding hydrogens is 196 g/mol. The molecule has 0 spiro atoms. The molecule has 0 atom stereocenters. The van der Waals surface area contributed by atoms with Crippen molar-refractivity contribution >= 4 is 0 Å². The summed E-state index contributed by atoms with van der Waals surface area (Å²) in [6.45, 7) is 2.56. The summed E-state index contributed by atoms with van der Waals surface area (Å²) < 4.78 is 0. The summed E-state index contributed by atoms with van der Waals surface area (Å²) in [7, 11) is 0. The van der Waals surface area contributed by atoms with Gasteiger partial charge in [0.2, 0.25) is 0 Å². The second kappa shape index (κ2) is 4.28. The van der Waals surface area contributed by atoms with Gasteiger partial charge in [-0.1, -0.05) is 12.1 Å². The monoisotopic (exact) mass is 214 g/mol. The van der Waals surface area contributed by atoms with Gasteiger partial charge in [-0.2, -0.15) is 0 Å². The van der Waals surface area contributed by atoms with Crippen LogP contribution in [0.25, 0.3) is 0 Å². The van der Waals surface area contributed by atoms with Crippen molar-refractivity contribution < 1.29 is 0 Å². The fraction of sp³-hybridized carbons (Fsp3) is 0.500. The van der Waals surface area contributed by atoms with Crippen LogP contribution in [-0.2, 0) is 6.42 Å². The molecule has 0 aromatic carbocycles. The third-order valence-electron chi connectivity index (χ3n) is 3.81. The summed E-state index contributed by atoms with van der Waals surface area (Å²) >= 11 is 0. The van der Waals surface area contributed by atoms with Crippen LogP contribution in [0.15, 0.2) is 36.3 Å². The van der Waals surface area contributed by atoms with E-state index >= 15 is 0 Å². The lowest BCUT2D eigenvalue weighted by Crippen LogP contribution is -2.39. The second-order valence-electron chi connectivity index (χ2n) is 4.90. The van der Waals surface area contributed by atoms with Gasteiger partial charge in [-0.25, -0.2) is 0 Å². The molecule has 2 nitrogen and oxygen atoms in total. The molecule has 84 valence electrons. The van der Waals surface area contributed by atoms with Crippen LogP contribution in [0.2, 0.25) is 0 Å². The normalized spacial score (nSPS) is 23.0. The average molecular weight is 214 g/mol. The van der Waals surface area contributed by atoms with E-state index in [1.807, 2.05) is 18.5 Å². The fourth-order valence-corrected chi connectivity index (χ4v) is 2.82. The standard InChI is InChI=1S/C14H18N2/c1-2-13(11-15-7-1)3-4-14-10-12-5-8-16(14)9-6-12/h1-2,4,7,11-12H,3,5-6,8-10H2. The molecule has 0 unspecified atom stereocenters. The molecule has 2 heteroatoms. The van der Waals surface area contributed by atoms with Crippen molar-refractivity contribution in [2.45, 2.75) is 25.7 Å². The molecule has 16 heavy (non-hydrogen) atoms. The molecule has 0 N–H and O–H groups in total. The van der Waals surface area contributed by atoms with Crippen LogP contribution < -0.4 is 0 Å². The van der Waals surface area contributed by atoms with Crippen LogP contribution >= 0.6 is 0 Å². The highest BCUT2D eigenvalue weighted by molar-refractivity contribution is 5.17. The van der Waals surface area contributed by atoms with Gasteiger partial charge in [0.15, 0.2) is 0 Å². The van der Waals surface area contributed by atoms with Crippen molar-refractivity contribution in [3.63, 3.8) is 0 Å². The Balaban J connectivity index is 1.69. The molecule has 1 aromatic heterocycles. The molecule has 0 amide bonds. The van der Waals surface area contributed by atoms with Crippen molar-refractivity contribution in [1.82, 2.24) is 9.88 Å². The Kier molecular flexibility index (Phi) is 2.65. The van der Waals surface area contributed by atoms with Crippen molar-refractivity contribution in [3.05, 3.63) is 41.9 Å². The van der Waals surface area contributed by atoms with E-state index in [1.54, 1.807) is 5.70 Å². The summed E-state index contributed by atoms with van der Waals surface area (Å²) in [5.74, 6) is 0.963. The molecule has 0 saturated carbocycles. The molecule has 3 fully saturated rings. The largest absolute Gasteiger partial charge is 0.375 e. The van der Waals surface area contributed by atoms with Crippen molar-refractivity contribution in [2.24, 2.45) is 5.92 Å². The average Bonchev–Trinajstić information content (AvgIpc) is 2.39. The number of nitrogens with zero attached hydrogens (tertiary/aromatic N) is 2. The summed E-state index contributed by atoms with van der Waals surface area (Å²) in [5, 5.41) is 0. The summed E-state index contributed by atoms with van der Waals surface area (Å²) in [6, 6.07) is 4.17. The zero-order valence-corrected chi connectivity index (χ0v) is 9.60. The third kappa shape index (κ3) is 1.97. The molecule has 2 bridgehead atoms. The number of hydrogen-bond acceptors (Lipinski definition) is 2. The quantitative estimate of drug-likeness (QED) is 0.752. The first kappa shape index (κ1) is 9.88. The maximum Gasteiger partial charge on any atom is 0.0303 e. The zero-order valence-electron chi connectivity index (χ0n) is 9.60.